The highest BCUT2D eigenvalue weighted by molar-refractivity contribution is 5.78. The summed E-state index contributed by atoms with van der Waals surface area (Å²) in [6.07, 6.45) is 0.429. The van der Waals surface area contributed by atoms with E-state index in [9.17, 15) is 4.79 Å². The lowest BCUT2D eigenvalue weighted by atomic mass is 9.86. The zero-order valence-electron chi connectivity index (χ0n) is 17.9. The number of benzene rings is 3. The van der Waals surface area contributed by atoms with Gasteiger partial charge in [0.15, 0.2) is 0 Å². The maximum absolute atomic E-state index is 12.9. The van der Waals surface area contributed by atoms with E-state index in [0.717, 1.165) is 16.7 Å². The van der Waals surface area contributed by atoms with Crippen LogP contribution in [0.25, 0.3) is 0 Å². The van der Waals surface area contributed by atoms with Crippen molar-refractivity contribution in [3.8, 4) is 0 Å². The minimum absolute atomic E-state index is 0.0243. The quantitative estimate of drug-likeness (QED) is 0.524. The van der Waals surface area contributed by atoms with E-state index < -0.39 is 0 Å². The Morgan fingerprint density at radius 2 is 1.24 bits per heavy atom. The van der Waals surface area contributed by atoms with Crippen LogP contribution in [0, 0.1) is 0 Å². The second-order valence-corrected chi connectivity index (χ2v) is 8.74. The lowest BCUT2D eigenvalue weighted by Gasteiger charge is -2.22. The molecule has 29 heavy (non-hydrogen) atoms. The topological polar surface area (TPSA) is 29.1 Å². The standard InChI is InChI=1S/C27H31NO/c1-20(21-15-17-24(18-16-21)27(2,3)4)28-26(29)19-25(22-11-7-5-8-12-22)23-13-9-6-10-14-23/h5-18,20,25H,19H2,1-4H3,(H,28,29)/t20-/m0/s1. The van der Waals surface area contributed by atoms with Crippen LogP contribution < -0.4 is 5.32 Å². The molecule has 2 nitrogen and oxygen atoms in total. The van der Waals surface area contributed by atoms with Gasteiger partial charge in [-0.1, -0.05) is 106 Å². The molecule has 2 heteroatoms. The number of amides is 1. The van der Waals surface area contributed by atoms with E-state index in [-0.39, 0.29) is 23.3 Å². The van der Waals surface area contributed by atoms with E-state index in [1.165, 1.54) is 5.56 Å². The molecule has 0 aliphatic rings. The molecule has 1 atom stereocenters. The summed E-state index contributed by atoms with van der Waals surface area (Å²) in [5.74, 6) is 0.114. The zero-order chi connectivity index (χ0) is 20.9. The van der Waals surface area contributed by atoms with Crippen LogP contribution in [0.1, 0.15) is 68.3 Å². The van der Waals surface area contributed by atoms with Crippen molar-refractivity contribution >= 4 is 5.91 Å². The predicted molar refractivity (Wildman–Crippen MR) is 121 cm³/mol. The van der Waals surface area contributed by atoms with Gasteiger partial charge in [-0.3, -0.25) is 4.79 Å². The Kier molecular flexibility index (Phi) is 6.53. The van der Waals surface area contributed by atoms with Crippen molar-refractivity contribution in [1.82, 2.24) is 5.32 Å². The molecule has 0 fully saturated rings. The van der Waals surface area contributed by atoms with Crippen molar-refractivity contribution < 1.29 is 4.79 Å². The molecule has 3 aromatic carbocycles. The lowest BCUT2D eigenvalue weighted by molar-refractivity contribution is -0.121. The smallest absolute Gasteiger partial charge is 0.221 e. The highest BCUT2D eigenvalue weighted by Crippen LogP contribution is 2.28. The molecule has 0 unspecified atom stereocenters. The molecule has 0 bridgehead atoms. The molecule has 1 N–H and O–H groups in total. The van der Waals surface area contributed by atoms with Crippen LogP contribution in [0.4, 0.5) is 0 Å². The van der Waals surface area contributed by atoms with Gasteiger partial charge in [0.25, 0.3) is 0 Å². The summed E-state index contributed by atoms with van der Waals surface area (Å²) in [4.78, 5) is 12.9. The third-order valence-corrected chi connectivity index (χ3v) is 5.45. The average molecular weight is 386 g/mol. The van der Waals surface area contributed by atoms with E-state index in [2.05, 4.69) is 74.6 Å². The van der Waals surface area contributed by atoms with Gasteiger partial charge in [0.1, 0.15) is 0 Å². The number of hydrogen-bond donors (Lipinski definition) is 1. The fourth-order valence-electron chi connectivity index (χ4n) is 3.64. The summed E-state index contributed by atoms with van der Waals surface area (Å²) in [7, 11) is 0. The monoisotopic (exact) mass is 385 g/mol. The minimum atomic E-state index is -0.0243. The van der Waals surface area contributed by atoms with Crippen molar-refractivity contribution in [2.24, 2.45) is 0 Å². The molecule has 0 heterocycles. The first-order valence-corrected chi connectivity index (χ1v) is 10.3. The van der Waals surface area contributed by atoms with Gasteiger partial charge in [0.05, 0.1) is 6.04 Å². The highest BCUT2D eigenvalue weighted by atomic mass is 16.1. The SMILES string of the molecule is C[C@H](NC(=O)CC(c1ccccc1)c1ccccc1)c1ccc(C(C)(C)C)cc1. The molecule has 0 aliphatic heterocycles. The van der Waals surface area contributed by atoms with E-state index in [1.54, 1.807) is 0 Å². The van der Waals surface area contributed by atoms with Gasteiger partial charge >= 0.3 is 0 Å². The predicted octanol–water partition coefficient (Wildman–Crippen LogP) is 6.38. The number of rotatable bonds is 6. The van der Waals surface area contributed by atoms with Crippen LogP contribution in [-0.4, -0.2) is 5.91 Å². The highest BCUT2D eigenvalue weighted by Gasteiger charge is 2.20. The minimum Gasteiger partial charge on any atom is -0.350 e. The molecule has 0 saturated carbocycles. The van der Waals surface area contributed by atoms with Crippen molar-refractivity contribution in [2.45, 2.75) is 51.5 Å². The maximum Gasteiger partial charge on any atom is 0.221 e. The second kappa shape index (κ2) is 9.09. The summed E-state index contributed by atoms with van der Waals surface area (Å²) in [5.41, 5.74) is 4.88. The fourth-order valence-corrected chi connectivity index (χ4v) is 3.64. The molecule has 0 radical (unpaired) electrons. The van der Waals surface area contributed by atoms with Crippen molar-refractivity contribution in [2.75, 3.05) is 0 Å². The lowest BCUT2D eigenvalue weighted by Crippen LogP contribution is -2.28. The molecule has 0 aliphatic carbocycles. The first kappa shape index (κ1) is 20.9. The van der Waals surface area contributed by atoms with E-state index in [4.69, 9.17) is 0 Å². The third kappa shape index (κ3) is 5.57. The van der Waals surface area contributed by atoms with E-state index >= 15 is 0 Å². The molecule has 3 aromatic rings. The van der Waals surface area contributed by atoms with Gasteiger partial charge in [-0.15, -0.1) is 0 Å². The maximum atomic E-state index is 12.9. The molecule has 0 spiro atoms. The first-order chi connectivity index (χ1) is 13.8. The Morgan fingerprint density at radius 3 is 1.69 bits per heavy atom. The van der Waals surface area contributed by atoms with Crippen LogP contribution in [0.3, 0.4) is 0 Å². The summed E-state index contributed by atoms with van der Waals surface area (Å²) in [6, 6.07) is 29.1. The Morgan fingerprint density at radius 1 is 0.759 bits per heavy atom. The van der Waals surface area contributed by atoms with Gasteiger partial charge in [-0.05, 0) is 34.6 Å². The molecule has 0 saturated heterocycles. The van der Waals surface area contributed by atoms with Crippen LogP contribution in [-0.2, 0) is 10.2 Å². The number of hydrogen-bond acceptors (Lipinski definition) is 1. The number of carbonyl (C=O) groups is 1. The van der Waals surface area contributed by atoms with Gasteiger partial charge in [-0.25, -0.2) is 0 Å². The Hall–Kier alpha value is -2.87. The summed E-state index contributed by atoms with van der Waals surface area (Å²) >= 11 is 0. The molecular formula is C27H31NO. The van der Waals surface area contributed by atoms with Crippen LogP contribution in [0.5, 0.6) is 0 Å². The Balaban J connectivity index is 1.72. The van der Waals surface area contributed by atoms with Crippen LogP contribution in [0.15, 0.2) is 84.9 Å². The van der Waals surface area contributed by atoms with Crippen molar-refractivity contribution in [3.63, 3.8) is 0 Å². The van der Waals surface area contributed by atoms with Gasteiger partial charge in [0.2, 0.25) is 5.91 Å². The van der Waals surface area contributed by atoms with Crippen LogP contribution in [0.2, 0.25) is 0 Å². The molecule has 150 valence electrons. The van der Waals surface area contributed by atoms with Gasteiger partial charge in [0, 0.05) is 12.3 Å². The first-order valence-electron chi connectivity index (χ1n) is 10.3. The number of carbonyl (C=O) groups excluding carboxylic acids is 1. The summed E-state index contributed by atoms with van der Waals surface area (Å²) in [6.45, 7) is 8.67. The second-order valence-electron chi connectivity index (χ2n) is 8.74. The summed E-state index contributed by atoms with van der Waals surface area (Å²) in [5, 5.41) is 3.19. The average Bonchev–Trinajstić information content (AvgIpc) is 2.73. The third-order valence-electron chi connectivity index (χ3n) is 5.45. The molecule has 0 aromatic heterocycles. The largest absolute Gasteiger partial charge is 0.350 e. The van der Waals surface area contributed by atoms with E-state index in [0.29, 0.717) is 6.42 Å². The van der Waals surface area contributed by atoms with Gasteiger partial charge in [-0.2, -0.15) is 0 Å². The Bertz CT molecular complexity index is 869. The normalized spacial score (nSPS) is 12.6. The van der Waals surface area contributed by atoms with E-state index in [1.807, 2.05) is 43.3 Å². The Labute approximate surface area is 175 Å². The fraction of sp³-hybridized carbons (Fsp3) is 0.296. The molecule has 1 amide bonds. The van der Waals surface area contributed by atoms with Crippen molar-refractivity contribution in [1.29, 1.82) is 0 Å². The van der Waals surface area contributed by atoms with Crippen molar-refractivity contribution in [3.05, 3.63) is 107 Å². The number of nitrogens with one attached hydrogen (secondary N) is 1. The van der Waals surface area contributed by atoms with Crippen LogP contribution >= 0.6 is 0 Å². The molecule has 3 rings (SSSR count). The molecular weight excluding hydrogens is 354 g/mol. The van der Waals surface area contributed by atoms with Gasteiger partial charge < -0.3 is 5.32 Å². The summed E-state index contributed by atoms with van der Waals surface area (Å²) < 4.78 is 0. The zero-order valence-corrected chi connectivity index (χ0v) is 17.9.